The third kappa shape index (κ3) is 1.76. The Morgan fingerprint density at radius 3 is 2.84 bits per heavy atom. The van der Waals surface area contributed by atoms with E-state index in [2.05, 4.69) is 9.97 Å². The molecular weight excluding hydrogens is 238 g/mol. The van der Waals surface area contributed by atoms with Crippen LogP contribution >= 0.6 is 0 Å². The lowest BCUT2D eigenvalue weighted by Gasteiger charge is -2.08. The number of hydrogen-bond donors (Lipinski definition) is 1. The number of aromatic hydroxyl groups is 1. The summed E-state index contributed by atoms with van der Waals surface area (Å²) in [6.45, 7) is 4.69. The number of hydrogen-bond acceptors (Lipinski definition) is 3. The standard InChI is InChI=1S/C15H15N3O/c1-3-18-14(11-7-4-6-10(2)13(11)19)17-12-8-5-9-16-15(12)18/h4-9,19H,3H2,1-2H3. The number of pyridine rings is 1. The van der Waals surface area contributed by atoms with E-state index in [-0.39, 0.29) is 5.75 Å². The molecule has 0 saturated carbocycles. The molecule has 0 unspecified atom stereocenters. The molecule has 0 fully saturated rings. The summed E-state index contributed by atoms with van der Waals surface area (Å²) in [5.41, 5.74) is 3.29. The summed E-state index contributed by atoms with van der Waals surface area (Å²) in [7, 11) is 0. The van der Waals surface area contributed by atoms with Gasteiger partial charge in [-0.1, -0.05) is 12.1 Å². The highest BCUT2D eigenvalue weighted by atomic mass is 16.3. The molecule has 0 radical (unpaired) electrons. The van der Waals surface area contributed by atoms with Gasteiger partial charge in [-0.2, -0.15) is 0 Å². The fourth-order valence-corrected chi connectivity index (χ4v) is 2.30. The summed E-state index contributed by atoms with van der Waals surface area (Å²) in [5, 5.41) is 10.2. The van der Waals surface area contributed by atoms with Crippen molar-refractivity contribution in [1.29, 1.82) is 0 Å². The van der Waals surface area contributed by atoms with E-state index < -0.39 is 0 Å². The van der Waals surface area contributed by atoms with Gasteiger partial charge in [0.2, 0.25) is 0 Å². The van der Waals surface area contributed by atoms with Crippen molar-refractivity contribution in [2.24, 2.45) is 0 Å². The topological polar surface area (TPSA) is 50.9 Å². The lowest BCUT2D eigenvalue weighted by Crippen LogP contribution is -1.99. The second-order valence-corrected chi connectivity index (χ2v) is 4.50. The van der Waals surface area contributed by atoms with Crippen LogP contribution in [-0.4, -0.2) is 19.6 Å². The van der Waals surface area contributed by atoms with E-state index in [1.54, 1.807) is 6.20 Å². The van der Waals surface area contributed by atoms with Crippen LogP contribution in [0.15, 0.2) is 36.5 Å². The van der Waals surface area contributed by atoms with Gasteiger partial charge in [-0.15, -0.1) is 0 Å². The van der Waals surface area contributed by atoms with E-state index in [0.29, 0.717) is 0 Å². The Bertz CT molecular complexity index is 746. The molecule has 0 aliphatic rings. The average molecular weight is 253 g/mol. The van der Waals surface area contributed by atoms with Gasteiger partial charge in [0, 0.05) is 12.7 Å². The van der Waals surface area contributed by atoms with Crippen LogP contribution in [0.4, 0.5) is 0 Å². The van der Waals surface area contributed by atoms with Gasteiger partial charge in [0.1, 0.15) is 17.1 Å². The van der Waals surface area contributed by atoms with E-state index in [1.165, 1.54) is 0 Å². The highest BCUT2D eigenvalue weighted by Gasteiger charge is 2.15. The molecule has 0 atom stereocenters. The smallest absolute Gasteiger partial charge is 0.160 e. The number of phenols is 1. The van der Waals surface area contributed by atoms with E-state index in [0.717, 1.165) is 34.7 Å². The van der Waals surface area contributed by atoms with E-state index in [9.17, 15) is 5.11 Å². The largest absolute Gasteiger partial charge is 0.507 e. The van der Waals surface area contributed by atoms with Crippen LogP contribution in [-0.2, 0) is 6.54 Å². The molecule has 4 heteroatoms. The molecule has 2 aromatic heterocycles. The highest BCUT2D eigenvalue weighted by molar-refractivity contribution is 5.79. The molecule has 0 bridgehead atoms. The molecule has 19 heavy (non-hydrogen) atoms. The zero-order valence-corrected chi connectivity index (χ0v) is 11.0. The minimum Gasteiger partial charge on any atom is -0.507 e. The highest BCUT2D eigenvalue weighted by Crippen LogP contribution is 2.32. The molecule has 3 aromatic rings. The summed E-state index contributed by atoms with van der Waals surface area (Å²) >= 11 is 0. The van der Waals surface area contributed by atoms with Crippen LogP contribution in [0.2, 0.25) is 0 Å². The molecule has 96 valence electrons. The normalized spacial score (nSPS) is 11.1. The van der Waals surface area contributed by atoms with Gasteiger partial charge in [0.05, 0.1) is 5.56 Å². The maximum Gasteiger partial charge on any atom is 0.160 e. The van der Waals surface area contributed by atoms with Crippen LogP contribution in [0.3, 0.4) is 0 Å². The van der Waals surface area contributed by atoms with Crippen molar-refractivity contribution in [2.75, 3.05) is 0 Å². The maximum atomic E-state index is 10.2. The quantitative estimate of drug-likeness (QED) is 0.763. The zero-order chi connectivity index (χ0) is 13.4. The Kier molecular flexibility index (Phi) is 2.71. The predicted molar refractivity (Wildman–Crippen MR) is 75.0 cm³/mol. The molecule has 4 nitrogen and oxygen atoms in total. The number of phenolic OH excluding ortho intramolecular Hbond substituents is 1. The lowest BCUT2D eigenvalue weighted by molar-refractivity contribution is 0.472. The summed E-state index contributed by atoms with van der Waals surface area (Å²) in [5.74, 6) is 1.05. The molecule has 0 aliphatic carbocycles. The summed E-state index contributed by atoms with van der Waals surface area (Å²) in [4.78, 5) is 8.97. The van der Waals surface area contributed by atoms with Crippen molar-refractivity contribution < 1.29 is 5.11 Å². The molecule has 2 heterocycles. The number of para-hydroxylation sites is 1. The van der Waals surface area contributed by atoms with Crippen molar-refractivity contribution in [3.05, 3.63) is 42.1 Å². The summed E-state index contributed by atoms with van der Waals surface area (Å²) in [6.07, 6.45) is 1.76. The van der Waals surface area contributed by atoms with Crippen LogP contribution in [0.25, 0.3) is 22.6 Å². The molecule has 0 saturated heterocycles. The zero-order valence-electron chi connectivity index (χ0n) is 11.0. The van der Waals surface area contributed by atoms with E-state index in [4.69, 9.17) is 0 Å². The fraction of sp³-hybridized carbons (Fsp3) is 0.200. The van der Waals surface area contributed by atoms with Crippen LogP contribution in [0.5, 0.6) is 5.75 Å². The first kappa shape index (κ1) is 11.7. The number of imidazole rings is 1. The van der Waals surface area contributed by atoms with Gasteiger partial charge in [0.25, 0.3) is 0 Å². The predicted octanol–water partition coefficient (Wildman–Crippen LogP) is 3.13. The molecule has 0 aliphatic heterocycles. The molecule has 1 N–H and O–H groups in total. The fourth-order valence-electron chi connectivity index (χ4n) is 2.30. The SMILES string of the molecule is CCn1c(-c2cccc(C)c2O)nc2cccnc21. The Hall–Kier alpha value is -2.36. The second-order valence-electron chi connectivity index (χ2n) is 4.50. The van der Waals surface area contributed by atoms with E-state index >= 15 is 0 Å². The van der Waals surface area contributed by atoms with Gasteiger partial charge in [0.15, 0.2) is 5.65 Å². The molecule has 0 amide bonds. The number of nitrogens with zero attached hydrogens (tertiary/aromatic N) is 3. The summed E-state index contributed by atoms with van der Waals surface area (Å²) in [6, 6.07) is 9.50. The van der Waals surface area contributed by atoms with Gasteiger partial charge in [-0.05, 0) is 37.6 Å². The monoisotopic (exact) mass is 253 g/mol. The molecule has 3 rings (SSSR count). The minimum absolute atomic E-state index is 0.285. The van der Waals surface area contributed by atoms with Gasteiger partial charge in [-0.3, -0.25) is 0 Å². The number of aryl methyl sites for hydroxylation is 2. The minimum atomic E-state index is 0.285. The first-order chi connectivity index (χ1) is 9.22. The van der Waals surface area contributed by atoms with Gasteiger partial charge >= 0.3 is 0 Å². The lowest BCUT2D eigenvalue weighted by atomic mass is 10.1. The van der Waals surface area contributed by atoms with Crippen molar-refractivity contribution >= 4 is 11.2 Å². The maximum absolute atomic E-state index is 10.2. The van der Waals surface area contributed by atoms with Crippen molar-refractivity contribution in [2.45, 2.75) is 20.4 Å². The van der Waals surface area contributed by atoms with Crippen molar-refractivity contribution in [3.63, 3.8) is 0 Å². The third-order valence-corrected chi connectivity index (χ3v) is 3.30. The summed E-state index contributed by atoms with van der Waals surface area (Å²) < 4.78 is 2.02. The Morgan fingerprint density at radius 1 is 1.21 bits per heavy atom. The van der Waals surface area contributed by atoms with Crippen LogP contribution in [0, 0.1) is 6.92 Å². The van der Waals surface area contributed by atoms with Crippen molar-refractivity contribution in [3.8, 4) is 17.1 Å². The van der Waals surface area contributed by atoms with Crippen LogP contribution in [0.1, 0.15) is 12.5 Å². The first-order valence-electron chi connectivity index (χ1n) is 6.32. The number of benzene rings is 1. The third-order valence-electron chi connectivity index (χ3n) is 3.30. The number of fused-ring (bicyclic) bond motifs is 1. The molecule has 1 aromatic carbocycles. The van der Waals surface area contributed by atoms with Gasteiger partial charge in [-0.25, -0.2) is 9.97 Å². The van der Waals surface area contributed by atoms with Crippen LogP contribution < -0.4 is 0 Å². The number of rotatable bonds is 2. The first-order valence-corrected chi connectivity index (χ1v) is 6.32. The molecule has 0 spiro atoms. The van der Waals surface area contributed by atoms with Crippen molar-refractivity contribution in [1.82, 2.24) is 14.5 Å². The molecular formula is C15H15N3O. The Labute approximate surface area is 111 Å². The van der Waals surface area contributed by atoms with E-state index in [1.807, 2.05) is 48.7 Å². The Morgan fingerprint density at radius 2 is 2.05 bits per heavy atom. The Balaban J connectivity index is 2.33. The average Bonchev–Trinajstić information content (AvgIpc) is 2.80. The second kappa shape index (κ2) is 4.39. The van der Waals surface area contributed by atoms with Gasteiger partial charge < -0.3 is 9.67 Å². The number of aromatic nitrogens is 3.